The van der Waals surface area contributed by atoms with E-state index in [2.05, 4.69) is 19.7 Å². The minimum absolute atomic E-state index is 0.802. The highest BCUT2D eigenvalue weighted by atomic mass is 16.3. The van der Waals surface area contributed by atoms with Crippen molar-refractivity contribution in [2.24, 2.45) is 0 Å². The molecule has 0 N–H and O–H groups in total. The summed E-state index contributed by atoms with van der Waals surface area (Å²) in [6.45, 7) is 13.1. The molecule has 0 unspecified atom stereocenters. The maximum atomic E-state index is 5.70. The molecular weight excluding hydrogens is 196 g/mol. The maximum Gasteiger partial charge on any atom is 0.135 e. The Labute approximate surface area is 96.8 Å². The van der Waals surface area contributed by atoms with Crippen LogP contribution in [0.3, 0.4) is 0 Å². The summed E-state index contributed by atoms with van der Waals surface area (Å²) in [4.78, 5) is 0. The van der Waals surface area contributed by atoms with E-state index in [9.17, 15) is 0 Å². The Kier molecular flexibility index (Phi) is 4.34. The van der Waals surface area contributed by atoms with Crippen LogP contribution in [-0.4, -0.2) is 0 Å². The molecule has 0 fully saturated rings. The summed E-state index contributed by atoms with van der Waals surface area (Å²) in [5, 5.41) is 0. The first-order valence-electron chi connectivity index (χ1n) is 5.08. The van der Waals surface area contributed by atoms with Crippen LogP contribution in [0.1, 0.15) is 22.6 Å². The average Bonchev–Trinajstić information content (AvgIpc) is 2.60. The Hall–Kier alpha value is -2.02. The fourth-order valence-electron chi connectivity index (χ4n) is 1.41. The van der Waals surface area contributed by atoms with Crippen molar-refractivity contribution in [3.8, 4) is 0 Å². The molecule has 0 amide bonds. The minimum atomic E-state index is 0.802. The molecule has 0 radical (unpaired) electrons. The number of furan rings is 1. The molecule has 1 heteroatoms. The van der Waals surface area contributed by atoms with Crippen molar-refractivity contribution in [3.63, 3.8) is 0 Å². The van der Waals surface area contributed by atoms with E-state index in [0.29, 0.717) is 0 Å². The molecule has 0 aliphatic carbocycles. The Balaban J connectivity index is 3.23. The first-order valence-corrected chi connectivity index (χ1v) is 5.08. The lowest BCUT2D eigenvalue weighted by atomic mass is 10.1. The fourth-order valence-corrected chi connectivity index (χ4v) is 1.41. The van der Waals surface area contributed by atoms with Gasteiger partial charge in [-0.3, -0.25) is 0 Å². The summed E-state index contributed by atoms with van der Waals surface area (Å²) >= 11 is 0. The average molecular weight is 212 g/mol. The third-order valence-electron chi connectivity index (χ3n) is 2.23. The standard InChI is InChI=1S/C15H16O/c1-5-8-10-14-12(4)13(7-3)15(16-14)11-9-6-2/h5-11H,1-3H2,4H3/b10-8-,11-9-. The monoisotopic (exact) mass is 212 g/mol. The van der Waals surface area contributed by atoms with E-state index in [1.807, 2.05) is 31.2 Å². The van der Waals surface area contributed by atoms with Crippen molar-refractivity contribution >= 4 is 18.2 Å². The molecule has 82 valence electrons. The number of rotatable bonds is 5. The second-order valence-electron chi connectivity index (χ2n) is 3.26. The molecule has 0 aliphatic heterocycles. The highest BCUT2D eigenvalue weighted by Gasteiger charge is 2.09. The van der Waals surface area contributed by atoms with E-state index in [1.54, 1.807) is 18.2 Å². The van der Waals surface area contributed by atoms with Gasteiger partial charge in [0.1, 0.15) is 11.5 Å². The largest absolute Gasteiger partial charge is 0.456 e. The lowest BCUT2D eigenvalue weighted by molar-refractivity contribution is 0.544. The van der Waals surface area contributed by atoms with Crippen LogP contribution in [-0.2, 0) is 0 Å². The third kappa shape index (κ3) is 2.51. The predicted octanol–water partition coefficient (Wildman–Crippen LogP) is 4.63. The van der Waals surface area contributed by atoms with E-state index in [0.717, 1.165) is 22.6 Å². The third-order valence-corrected chi connectivity index (χ3v) is 2.23. The van der Waals surface area contributed by atoms with Crippen LogP contribution in [0.2, 0.25) is 0 Å². The molecule has 1 nitrogen and oxygen atoms in total. The summed E-state index contributed by atoms with van der Waals surface area (Å²) in [7, 11) is 0. The molecule has 0 atom stereocenters. The summed E-state index contributed by atoms with van der Waals surface area (Å²) in [5.74, 6) is 1.63. The molecule has 0 spiro atoms. The van der Waals surface area contributed by atoms with Gasteiger partial charge in [-0.1, -0.05) is 50.1 Å². The second kappa shape index (κ2) is 5.76. The van der Waals surface area contributed by atoms with Crippen molar-refractivity contribution in [1.82, 2.24) is 0 Å². The molecule has 0 saturated heterocycles. The first-order chi connectivity index (χ1) is 7.74. The molecule has 16 heavy (non-hydrogen) atoms. The molecule has 1 aromatic heterocycles. The van der Waals surface area contributed by atoms with E-state index in [4.69, 9.17) is 4.42 Å². The van der Waals surface area contributed by atoms with Crippen molar-refractivity contribution in [2.75, 3.05) is 0 Å². The van der Waals surface area contributed by atoms with E-state index in [1.165, 1.54) is 0 Å². The van der Waals surface area contributed by atoms with Gasteiger partial charge in [0.2, 0.25) is 0 Å². The van der Waals surface area contributed by atoms with Crippen molar-refractivity contribution < 1.29 is 4.42 Å². The Bertz CT molecular complexity index is 456. The van der Waals surface area contributed by atoms with Gasteiger partial charge in [-0.25, -0.2) is 0 Å². The van der Waals surface area contributed by atoms with Gasteiger partial charge in [0.25, 0.3) is 0 Å². The summed E-state index contributed by atoms with van der Waals surface area (Å²) in [5.41, 5.74) is 2.10. The molecule has 1 heterocycles. The highest BCUT2D eigenvalue weighted by molar-refractivity contribution is 5.68. The maximum absolute atomic E-state index is 5.70. The molecule has 0 bridgehead atoms. The van der Waals surface area contributed by atoms with Gasteiger partial charge >= 0.3 is 0 Å². The summed E-state index contributed by atoms with van der Waals surface area (Å²) in [6, 6.07) is 0. The van der Waals surface area contributed by atoms with Crippen molar-refractivity contribution in [3.05, 3.63) is 66.7 Å². The normalized spacial score (nSPS) is 11.1. The molecule has 0 aliphatic rings. The van der Waals surface area contributed by atoms with E-state index < -0.39 is 0 Å². The molecule has 0 aromatic carbocycles. The molecular formula is C15H16O. The van der Waals surface area contributed by atoms with Crippen LogP contribution in [0.4, 0.5) is 0 Å². The summed E-state index contributed by atoms with van der Waals surface area (Å²) in [6.07, 6.45) is 12.7. The van der Waals surface area contributed by atoms with Gasteiger partial charge in [-0.05, 0) is 19.1 Å². The van der Waals surface area contributed by atoms with Gasteiger partial charge in [-0.15, -0.1) is 0 Å². The van der Waals surface area contributed by atoms with Gasteiger partial charge in [0.15, 0.2) is 0 Å². The first kappa shape index (κ1) is 12.1. The second-order valence-corrected chi connectivity index (χ2v) is 3.26. The molecule has 1 aromatic rings. The highest BCUT2D eigenvalue weighted by Crippen LogP contribution is 2.25. The molecule has 0 saturated carbocycles. The van der Waals surface area contributed by atoms with Crippen molar-refractivity contribution in [2.45, 2.75) is 6.92 Å². The van der Waals surface area contributed by atoms with Crippen LogP contribution < -0.4 is 0 Å². The predicted molar refractivity (Wildman–Crippen MR) is 72.0 cm³/mol. The van der Waals surface area contributed by atoms with Crippen LogP contribution in [0, 0.1) is 6.92 Å². The van der Waals surface area contributed by atoms with Gasteiger partial charge in [-0.2, -0.15) is 0 Å². The van der Waals surface area contributed by atoms with Gasteiger partial charge < -0.3 is 4.42 Å². The number of hydrogen-bond acceptors (Lipinski definition) is 1. The van der Waals surface area contributed by atoms with Crippen LogP contribution >= 0.6 is 0 Å². The van der Waals surface area contributed by atoms with Crippen molar-refractivity contribution in [1.29, 1.82) is 0 Å². The smallest absolute Gasteiger partial charge is 0.135 e. The zero-order valence-corrected chi connectivity index (χ0v) is 9.57. The number of allylic oxidation sites excluding steroid dienone is 4. The van der Waals surface area contributed by atoms with Gasteiger partial charge in [0, 0.05) is 11.1 Å². The lowest BCUT2D eigenvalue weighted by Gasteiger charge is -1.89. The fraction of sp³-hybridized carbons (Fsp3) is 0.0667. The van der Waals surface area contributed by atoms with Crippen LogP contribution in [0.5, 0.6) is 0 Å². The van der Waals surface area contributed by atoms with E-state index in [-0.39, 0.29) is 0 Å². The quantitative estimate of drug-likeness (QED) is 0.648. The summed E-state index contributed by atoms with van der Waals surface area (Å²) < 4.78 is 5.70. The Morgan fingerprint density at radius 2 is 1.50 bits per heavy atom. The van der Waals surface area contributed by atoms with Gasteiger partial charge in [0.05, 0.1) is 0 Å². The SMILES string of the molecule is C=C/C=C\c1oc(/C=C\C=C)c(C=C)c1C. The number of hydrogen-bond donors (Lipinski definition) is 0. The van der Waals surface area contributed by atoms with E-state index >= 15 is 0 Å². The van der Waals surface area contributed by atoms with Crippen LogP contribution in [0.25, 0.3) is 18.2 Å². The van der Waals surface area contributed by atoms with Crippen LogP contribution in [0.15, 0.2) is 48.5 Å². The molecule has 1 rings (SSSR count). The topological polar surface area (TPSA) is 13.1 Å². The zero-order chi connectivity index (χ0) is 12.0. The Morgan fingerprint density at radius 1 is 0.938 bits per heavy atom. The Morgan fingerprint density at radius 3 is 2.00 bits per heavy atom. The zero-order valence-electron chi connectivity index (χ0n) is 9.57. The minimum Gasteiger partial charge on any atom is -0.456 e. The lowest BCUT2D eigenvalue weighted by Crippen LogP contribution is -1.76.